The van der Waals surface area contributed by atoms with Crippen molar-refractivity contribution in [3.8, 4) is 11.4 Å². The Balaban J connectivity index is 2.23. The minimum absolute atomic E-state index is 0.483. The van der Waals surface area contributed by atoms with Crippen LogP contribution >= 0.6 is 0 Å². The van der Waals surface area contributed by atoms with Gasteiger partial charge >= 0.3 is 0 Å². The summed E-state index contributed by atoms with van der Waals surface area (Å²) >= 11 is 0. The van der Waals surface area contributed by atoms with Gasteiger partial charge in [-0.3, -0.25) is 0 Å². The molecule has 0 atom stereocenters. The van der Waals surface area contributed by atoms with E-state index in [0.717, 1.165) is 17.1 Å². The summed E-state index contributed by atoms with van der Waals surface area (Å²) in [7, 11) is 0. The van der Waals surface area contributed by atoms with Crippen molar-refractivity contribution in [2.75, 3.05) is 6.61 Å². The summed E-state index contributed by atoms with van der Waals surface area (Å²) in [6, 6.07) is 7.70. The van der Waals surface area contributed by atoms with Crippen molar-refractivity contribution >= 4 is 0 Å². The van der Waals surface area contributed by atoms with E-state index in [2.05, 4.69) is 10.3 Å². The summed E-state index contributed by atoms with van der Waals surface area (Å²) in [4.78, 5) is 0. The van der Waals surface area contributed by atoms with Gasteiger partial charge in [0.1, 0.15) is 11.4 Å². The van der Waals surface area contributed by atoms with E-state index in [1.54, 1.807) is 4.68 Å². The number of aromatic nitrogens is 3. The molecule has 1 heterocycles. The van der Waals surface area contributed by atoms with E-state index in [-0.39, 0.29) is 0 Å². The molecule has 0 radical (unpaired) electrons. The second kappa shape index (κ2) is 4.78. The van der Waals surface area contributed by atoms with Crippen molar-refractivity contribution in [3.05, 3.63) is 36.2 Å². The molecule has 5 nitrogen and oxygen atoms in total. The number of nitrogens with two attached hydrogens (primary N) is 1. The SMILES string of the molecule is CCOc1ccc(-n2cc(C(C)(C)N)nn2)cc1. The van der Waals surface area contributed by atoms with Gasteiger partial charge in [-0.2, -0.15) is 0 Å². The lowest BCUT2D eigenvalue weighted by Crippen LogP contribution is -2.29. The van der Waals surface area contributed by atoms with Crippen LogP contribution in [-0.4, -0.2) is 21.6 Å². The highest BCUT2D eigenvalue weighted by molar-refractivity contribution is 5.36. The molecule has 0 saturated carbocycles. The molecule has 18 heavy (non-hydrogen) atoms. The molecule has 2 rings (SSSR count). The molecule has 1 aromatic carbocycles. The van der Waals surface area contributed by atoms with E-state index in [9.17, 15) is 0 Å². The number of rotatable bonds is 4. The Kier molecular flexibility index (Phi) is 3.34. The van der Waals surface area contributed by atoms with Crippen molar-refractivity contribution in [2.24, 2.45) is 5.73 Å². The maximum absolute atomic E-state index is 5.98. The molecule has 0 fully saturated rings. The first-order chi connectivity index (χ1) is 8.50. The van der Waals surface area contributed by atoms with Crippen LogP contribution in [0.3, 0.4) is 0 Å². The Hall–Kier alpha value is -1.88. The fourth-order valence-corrected chi connectivity index (χ4v) is 1.55. The molecular weight excluding hydrogens is 228 g/mol. The fourth-order valence-electron chi connectivity index (χ4n) is 1.55. The topological polar surface area (TPSA) is 66.0 Å². The highest BCUT2D eigenvalue weighted by atomic mass is 16.5. The average molecular weight is 246 g/mol. The first kappa shape index (κ1) is 12.6. The van der Waals surface area contributed by atoms with Crippen LogP contribution in [0.15, 0.2) is 30.5 Å². The maximum atomic E-state index is 5.98. The maximum Gasteiger partial charge on any atom is 0.119 e. The van der Waals surface area contributed by atoms with Crippen LogP contribution in [0.2, 0.25) is 0 Å². The monoisotopic (exact) mass is 246 g/mol. The Labute approximate surface area is 107 Å². The van der Waals surface area contributed by atoms with E-state index < -0.39 is 5.54 Å². The molecule has 0 amide bonds. The molecule has 5 heteroatoms. The smallest absolute Gasteiger partial charge is 0.119 e. The molecular formula is C13H18N4O. The van der Waals surface area contributed by atoms with Crippen molar-refractivity contribution < 1.29 is 4.74 Å². The number of benzene rings is 1. The summed E-state index contributed by atoms with van der Waals surface area (Å²) in [5, 5.41) is 8.15. The van der Waals surface area contributed by atoms with Gasteiger partial charge < -0.3 is 10.5 Å². The van der Waals surface area contributed by atoms with E-state index >= 15 is 0 Å². The molecule has 0 aliphatic rings. The lowest BCUT2D eigenvalue weighted by atomic mass is 10.0. The van der Waals surface area contributed by atoms with Gasteiger partial charge in [-0.25, -0.2) is 4.68 Å². The third-order valence-corrected chi connectivity index (χ3v) is 2.57. The summed E-state index contributed by atoms with van der Waals surface area (Å²) in [5.74, 6) is 0.848. The molecule has 0 saturated heterocycles. The number of nitrogens with zero attached hydrogens (tertiary/aromatic N) is 3. The van der Waals surface area contributed by atoms with Gasteiger partial charge in [0, 0.05) is 0 Å². The van der Waals surface area contributed by atoms with Crippen LogP contribution in [0, 0.1) is 0 Å². The van der Waals surface area contributed by atoms with Gasteiger partial charge in [0.05, 0.1) is 24.0 Å². The fraction of sp³-hybridized carbons (Fsp3) is 0.385. The zero-order chi connectivity index (χ0) is 13.2. The lowest BCUT2D eigenvalue weighted by molar-refractivity contribution is 0.340. The third kappa shape index (κ3) is 2.68. The predicted octanol–water partition coefficient (Wildman–Crippen LogP) is 1.86. The van der Waals surface area contributed by atoms with Crippen LogP contribution in [0.25, 0.3) is 5.69 Å². The highest BCUT2D eigenvalue weighted by Crippen LogP contribution is 2.17. The van der Waals surface area contributed by atoms with E-state index in [0.29, 0.717) is 6.61 Å². The minimum Gasteiger partial charge on any atom is -0.494 e. The van der Waals surface area contributed by atoms with Gasteiger partial charge in [-0.15, -0.1) is 5.10 Å². The predicted molar refractivity (Wildman–Crippen MR) is 69.7 cm³/mol. The average Bonchev–Trinajstić information content (AvgIpc) is 2.79. The van der Waals surface area contributed by atoms with Crippen molar-refractivity contribution in [2.45, 2.75) is 26.3 Å². The van der Waals surface area contributed by atoms with Crippen LogP contribution in [0.1, 0.15) is 26.5 Å². The third-order valence-electron chi connectivity index (χ3n) is 2.57. The molecule has 2 N–H and O–H groups in total. The number of hydrogen-bond donors (Lipinski definition) is 1. The second-order valence-electron chi connectivity index (χ2n) is 4.70. The summed E-state index contributed by atoms with van der Waals surface area (Å²) in [6.07, 6.45) is 1.84. The first-order valence-corrected chi connectivity index (χ1v) is 5.95. The quantitative estimate of drug-likeness (QED) is 0.894. The Bertz CT molecular complexity index is 511. The normalized spacial score (nSPS) is 11.6. The van der Waals surface area contributed by atoms with E-state index in [1.807, 2.05) is 51.2 Å². The highest BCUT2D eigenvalue weighted by Gasteiger charge is 2.18. The van der Waals surface area contributed by atoms with Gasteiger partial charge in [-0.1, -0.05) is 5.21 Å². The van der Waals surface area contributed by atoms with Crippen molar-refractivity contribution in [3.63, 3.8) is 0 Å². The zero-order valence-corrected chi connectivity index (χ0v) is 10.9. The molecule has 0 aliphatic carbocycles. The minimum atomic E-state index is -0.483. The summed E-state index contributed by atoms with van der Waals surface area (Å²) < 4.78 is 7.10. The Morgan fingerprint density at radius 3 is 2.44 bits per heavy atom. The standard InChI is InChI=1S/C13H18N4O/c1-4-18-11-7-5-10(6-8-11)17-9-12(15-16-17)13(2,3)14/h5-9H,4,14H2,1-3H3. The van der Waals surface area contributed by atoms with Crippen LogP contribution in [-0.2, 0) is 5.54 Å². The van der Waals surface area contributed by atoms with Crippen LogP contribution in [0.4, 0.5) is 0 Å². The van der Waals surface area contributed by atoms with Crippen molar-refractivity contribution in [1.29, 1.82) is 0 Å². The number of hydrogen-bond acceptors (Lipinski definition) is 4. The number of ether oxygens (including phenoxy) is 1. The van der Waals surface area contributed by atoms with E-state index in [4.69, 9.17) is 10.5 Å². The zero-order valence-electron chi connectivity index (χ0n) is 10.9. The van der Waals surface area contributed by atoms with Gasteiger partial charge in [0.25, 0.3) is 0 Å². The molecule has 0 unspecified atom stereocenters. The molecule has 1 aromatic heterocycles. The molecule has 0 spiro atoms. The second-order valence-corrected chi connectivity index (χ2v) is 4.70. The van der Waals surface area contributed by atoms with Crippen molar-refractivity contribution in [1.82, 2.24) is 15.0 Å². The van der Waals surface area contributed by atoms with Gasteiger partial charge in [0.15, 0.2) is 0 Å². The first-order valence-electron chi connectivity index (χ1n) is 5.95. The largest absolute Gasteiger partial charge is 0.494 e. The summed E-state index contributed by atoms with van der Waals surface area (Å²) in [5.41, 5.74) is 7.19. The molecule has 96 valence electrons. The molecule has 0 aliphatic heterocycles. The lowest BCUT2D eigenvalue weighted by Gasteiger charge is -2.13. The Morgan fingerprint density at radius 1 is 1.28 bits per heavy atom. The van der Waals surface area contributed by atoms with Gasteiger partial charge in [0.2, 0.25) is 0 Å². The Morgan fingerprint density at radius 2 is 1.94 bits per heavy atom. The van der Waals surface area contributed by atoms with Crippen LogP contribution in [0.5, 0.6) is 5.75 Å². The molecule has 0 bridgehead atoms. The molecule has 2 aromatic rings. The summed E-state index contributed by atoms with van der Waals surface area (Å²) in [6.45, 7) is 6.42. The van der Waals surface area contributed by atoms with Gasteiger partial charge in [-0.05, 0) is 45.0 Å². The van der Waals surface area contributed by atoms with E-state index in [1.165, 1.54) is 0 Å². The van der Waals surface area contributed by atoms with Crippen LogP contribution < -0.4 is 10.5 Å².